The predicted octanol–water partition coefficient (Wildman–Crippen LogP) is 1.47. The summed E-state index contributed by atoms with van der Waals surface area (Å²) >= 11 is 3.91. The largest absolute Gasteiger partial charge is 0.337 e. The van der Waals surface area contributed by atoms with Gasteiger partial charge in [-0.3, -0.25) is 9.69 Å². The molecule has 0 aromatic carbocycles. The van der Waals surface area contributed by atoms with Gasteiger partial charge in [0.05, 0.1) is 8.45 Å². The van der Waals surface area contributed by atoms with Crippen LogP contribution in [0.3, 0.4) is 0 Å². The first-order valence-corrected chi connectivity index (χ1v) is 8.68. The molecule has 1 aromatic rings. The summed E-state index contributed by atoms with van der Waals surface area (Å²) in [5.41, 5.74) is 0.857. The fourth-order valence-corrected chi connectivity index (χ4v) is 4.20. The Morgan fingerprint density at radius 2 is 2.16 bits per heavy atom. The maximum Gasteiger partial charge on any atom is 0.254 e. The number of carbonyl (C=O) groups is 1. The Morgan fingerprint density at radius 3 is 2.84 bits per heavy atom. The minimum Gasteiger partial charge on any atom is -0.337 e. The van der Waals surface area contributed by atoms with E-state index in [1.165, 1.54) is 2.88 Å². The van der Waals surface area contributed by atoms with Crippen LogP contribution < -0.4 is 5.32 Å². The molecule has 2 fully saturated rings. The van der Waals surface area contributed by atoms with Crippen molar-refractivity contribution in [2.45, 2.75) is 12.5 Å². The highest BCUT2D eigenvalue weighted by Crippen LogP contribution is 2.22. The molecule has 3 heterocycles. The van der Waals surface area contributed by atoms with Crippen molar-refractivity contribution in [2.24, 2.45) is 0 Å². The van der Waals surface area contributed by atoms with Gasteiger partial charge in [-0.15, -0.1) is 11.3 Å². The van der Waals surface area contributed by atoms with E-state index < -0.39 is 0 Å². The topological polar surface area (TPSA) is 35.6 Å². The summed E-state index contributed by atoms with van der Waals surface area (Å²) in [5.74, 6) is 0.205. The number of piperazine rings is 1. The first-order valence-electron chi connectivity index (χ1n) is 6.72. The summed E-state index contributed by atoms with van der Waals surface area (Å²) in [6.07, 6.45) is 1.12. The lowest BCUT2D eigenvalue weighted by atomic mass is 10.2. The molecule has 1 N–H and O–H groups in total. The Hall–Kier alpha value is -0.180. The highest BCUT2D eigenvalue weighted by molar-refractivity contribution is 14.1. The first kappa shape index (κ1) is 13.8. The molecule has 19 heavy (non-hydrogen) atoms. The van der Waals surface area contributed by atoms with Crippen LogP contribution in [0.15, 0.2) is 11.4 Å². The van der Waals surface area contributed by atoms with Crippen LogP contribution in [0.2, 0.25) is 0 Å². The van der Waals surface area contributed by atoms with Gasteiger partial charge >= 0.3 is 0 Å². The lowest BCUT2D eigenvalue weighted by Crippen LogP contribution is -2.49. The van der Waals surface area contributed by atoms with Crippen LogP contribution in [0.4, 0.5) is 0 Å². The molecule has 0 spiro atoms. The van der Waals surface area contributed by atoms with Gasteiger partial charge in [0, 0.05) is 50.7 Å². The second-order valence-corrected chi connectivity index (χ2v) is 7.92. The summed E-state index contributed by atoms with van der Waals surface area (Å²) in [6, 6.07) is 2.55. The van der Waals surface area contributed by atoms with Crippen LogP contribution in [0.1, 0.15) is 16.8 Å². The number of likely N-dealkylation sites (tertiary alicyclic amines) is 1. The minimum atomic E-state index is 0.205. The Bertz CT molecular complexity index is 458. The zero-order valence-electron chi connectivity index (χ0n) is 10.8. The summed E-state index contributed by atoms with van der Waals surface area (Å²) in [4.78, 5) is 16.9. The number of nitrogens with one attached hydrogen (secondary N) is 1. The van der Waals surface area contributed by atoms with Gasteiger partial charge in [-0.25, -0.2) is 0 Å². The van der Waals surface area contributed by atoms with Gasteiger partial charge in [-0.05, 0) is 35.1 Å². The van der Waals surface area contributed by atoms with Gasteiger partial charge in [0.2, 0.25) is 0 Å². The maximum absolute atomic E-state index is 12.4. The van der Waals surface area contributed by atoms with E-state index in [-0.39, 0.29) is 5.91 Å². The standard InChI is InChI=1S/C13H18IN3OS/c14-12-7-10(9-19-12)13(18)17-4-1-11(8-17)16-5-2-15-3-6-16/h7,9,11,15H,1-6,8H2. The number of hydrogen-bond donors (Lipinski definition) is 1. The van der Waals surface area contributed by atoms with Crippen molar-refractivity contribution < 1.29 is 4.79 Å². The molecule has 3 rings (SSSR count). The van der Waals surface area contributed by atoms with Crippen LogP contribution >= 0.6 is 33.9 Å². The third-order valence-corrected chi connectivity index (χ3v) is 5.72. The Morgan fingerprint density at radius 1 is 1.37 bits per heavy atom. The Balaban J connectivity index is 1.60. The van der Waals surface area contributed by atoms with Crippen molar-refractivity contribution in [3.05, 3.63) is 19.9 Å². The van der Waals surface area contributed by atoms with Gasteiger partial charge in [0.1, 0.15) is 0 Å². The van der Waals surface area contributed by atoms with E-state index in [1.54, 1.807) is 11.3 Å². The molecule has 0 saturated carbocycles. The average Bonchev–Trinajstić information content (AvgIpc) is 3.08. The monoisotopic (exact) mass is 391 g/mol. The molecule has 104 valence electrons. The number of carbonyl (C=O) groups excluding carboxylic acids is 1. The average molecular weight is 391 g/mol. The van der Waals surface area contributed by atoms with Crippen molar-refractivity contribution in [3.8, 4) is 0 Å². The van der Waals surface area contributed by atoms with E-state index in [0.29, 0.717) is 6.04 Å². The van der Waals surface area contributed by atoms with Gasteiger partial charge in [0.25, 0.3) is 5.91 Å². The van der Waals surface area contributed by atoms with E-state index in [2.05, 4.69) is 32.8 Å². The molecule has 2 aliphatic rings. The number of hydrogen-bond acceptors (Lipinski definition) is 4. The number of amides is 1. The minimum absolute atomic E-state index is 0.205. The van der Waals surface area contributed by atoms with Gasteiger partial charge in [-0.1, -0.05) is 0 Å². The summed E-state index contributed by atoms with van der Waals surface area (Å²) < 4.78 is 1.18. The number of halogens is 1. The van der Waals surface area contributed by atoms with E-state index in [0.717, 1.165) is 51.3 Å². The lowest BCUT2D eigenvalue weighted by Gasteiger charge is -2.32. The molecule has 1 unspecified atom stereocenters. The van der Waals surface area contributed by atoms with Crippen molar-refractivity contribution >= 4 is 39.8 Å². The quantitative estimate of drug-likeness (QED) is 0.776. The van der Waals surface area contributed by atoms with E-state index >= 15 is 0 Å². The van der Waals surface area contributed by atoms with E-state index in [4.69, 9.17) is 0 Å². The molecule has 1 amide bonds. The third kappa shape index (κ3) is 3.12. The highest BCUT2D eigenvalue weighted by atomic mass is 127. The molecule has 1 atom stereocenters. The molecule has 2 aliphatic heterocycles. The predicted molar refractivity (Wildman–Crippen MR) is 85.8 cm³/mol. The maximum atomic E-state index is 12.4. The summed E-state index contributed by atoms with van der Waals surface area (Å²) in [5, 5.41) is 5.35. The van der Waals surface area contributed by atoms with Gasteiger partial charge < -0.3 is 10.2 Å². The van der Waals surface area contributed by atoms with Crippen LogP contribution in [0.25, 0.3) is 0 Å². The number of thiophene rings is 1. The Kier molecular flexibility index (Phi) is 4.40. The lowest BCUT2D eigenvalue weighted by molar-refractivity contribution is 0.0774. The SMILES string of the molecule is O=C(c1csc(I)c1)N1CCC(N2CCNCC2)C1. The van der Waals surface area contributed by atoms with Crippen LogP contribution in [-0.4, -0.2) is 61.0 Å². The van der Waals surface area contributed by atoms with Gasteiger partial charge in [-0.2, -0.15) is 0 Å². The van der Waals surface area contributed by atoms with Gasteiger partial charge in [0.15, 0.2) is 0 Å². The number of nitrogens with zero attached hydrogens (tertiary/aromatic N) is 2. The second kappa shape index (κ2) is 6.07. The Labute approximate surface area is 131 Å². The number of rotatable bonds is 2. The first-order chi connectivity index (χ1) is 9.24. The normalized spacial score (nSPS) is 24.9. The highest BCUT2D eigenvalue weighted by Gasteiger charge is 2.31. The molecule has 0 aliphatic carbocycles. The van der Waals surface area contributed by atoms with Crippen LogP contribution in [0.5, 0.6) is 0 Å². The van der Waals surface area contributed by atoms with Crippen molar-refractivity contribution in [1.82, 2.24) is 15.1 Å². The molecule has 0 bridgehead atoms. The van der Waals surface area contributed by atoms with E-state index in [9.17, 15) is 4.79 Å². The molecular formula is C13H18IN3OS. The second-order valence-electron chi connectivity index (χ2n) is 5.12. The van der Waals surface area contributed by atoms with Crippen LogP contribution in [-0.2, 0) is 0 Å². The van der Waals surface area contributed by atoms with Crippen molar-refractivity contribution in [3.63, 3.8) is 0 Å². The zero-order chi connectivity index (χ0) is 13.2. The molecular weight excluding hydrogens is 373 g/mol. The molecule has 1 aromatic heterocycles. The third-order valence-electron chi connectivity index (χ3n) is 3.93. The fraction of sp³-hybridized carbons (Fsp3) is 0.615. The zero-order valence-corrected chi connectivity index (χ0v) is 13.7. The summed E-state index contributed by atoms with van der Waals surface area (Å²) in [6.45, 7) is 6.18. The summed E-state index contributed by atoms with van der Waals surface area (Å²) in [7, 11) is 0. The van der Waals surface area contributed by atoms with E-state index in [1.807, 2.05) is 16.3 Å². The molecule has 2 saturated heterocycles. The molecule has 0 radical (unpaired) electrons. The van der Waals surface area contributed by atoms with Crippen molar-refractivity contribution in [2.75, 3.05) is 39.3 Å². The molecule has 4 nitrogen and oxygen atoms in total. The fourth-order valence-electron chi connectivity index (χ4n) is 2.88. The molecule has 6 heteroatoms. The smallest absolute Gasteiger partial charge is 0.254 e. The van der Waals surface area contributed by atoms with Crippen LogP contribution in [0, 0.1) is 2.88 Å². The van der Waals surface area contributed by atoms with Crippen molar-refractivity contribution in [1.29, 1.82) is 0 Å².